The van der Waals surface area contributed by atoms with Crippen LogP contribution in [-0.2, 0) is 16.0 Å². The monoisotopic (exact) mass is 388 g/mol. The molecular formula is C22H32N2O4. The van der Waals surface area contributed by atoms with Gasteiger partial charge < -0.3 is 19.7 Å². The van der Waals surface area contributed by atoms with Gasteiger partial charge in [0.2, 0.25) is 11.8 Å². The first kappa shape index (κ1) is 20.5. The Morgan fingerprint density at radius 1 is 1.21 bits per heavy atom. The summed E-state index contributed by atoms with van der Waals surface area (Å²) in [4.78, 5) is 26.4. The molecule has 1 aliphatic carbocycles. The van der Waals surface area contributed by atoms with E-state index >= 15 is 0 Å². The van der Waals surface area contributed by atoms with Crippen LogP contribution in [-0.4, -0.2) is 50.1 Å². The van der Waals surface area contributed by atoms with Crippen LogP contribution in [0, 0.1) is 5.92 Å². The van der Waals surface area contributed by atoms with Crippen LogP contribution < -0.4 is 14.8 Å². The number of fused-ring (bicyclic) bond motifs is 1. The highest BCUT2D eigenvalue weighted by atomic mass is 16.5. The molecule has 6 nitrogen and oxygen atoms in total. The SMILES string of the molecule is COc1ccc2c(c1)OC[C@@H](CNC(=O)CCC(=O)N(C)C1CCCCC1)C2. The molecule has 1 aliphatic heterocycles. The Kier molecular flexibility index (Phi) is 7.18. The summed E-state index contributed by atoms with van der Waals surface area (Å²) in [5.74, 6) is 1.90. The van der Waals surface area contributed by atoms with E-state index in [1.165, 1.54) is 19.3 Å². The minimum Gasteiger partial charge on any atom is -0.497 e. The second-order valence-electron chi connectivity index (χ2n) is 7.96. The first-order valence-electron chi connectivity index (χ1n) is 10.4. The van der Waals surface area contributed by atoms with Gasteiger partial charge >= 0.3 is 0 Å². The fraction of sp³-hybridized carbons (Fsp3) is 0.636. The van der Waals surface area contributed by atoms with Gasteiger partial charge in [0.1, 0.15) is 11.5 Å². The lowest BCUT2D eigenvalue weighted by atomic mass is 9.94. The van der Waals surface area contributed by atoms with Gasteiger partial charge in [0, 0.05) is 44.5 Å². The number of rotatable bonds is 7. The molecular weight excluding hydrogens is 356 g/mol. The topological polar surface area (TPSA) is 67.9 Å². The van der Waals surface area contributed by atoms with Gasteiger partial charge in [-0.25, -0.2) is 0 Å². The molecule has 2 aliphatic rings. The minimum atomic E-state index is -0.0640. The van der Waals surface area contributed by atoms with Gasteiger partial charge in [-0.1, -0.05) is 25.3 Å². The van der Waals surface area contributed by atoms with Crippen molar-refractivity contribution in [2.75, 3.05) is 27.3 Å². The Labute approximate surface area is 167 Å². The molecule has 0 unspecified atom stereocenters. The quantitative estimate of drug-likeness (QED) is 0.780. The number of carbonyl (C=O) groups is 2. The van der Waals surface area contributed by atoms with E-state index in [2.05, 4.69) is 5.32 Å². The van der Waals surface area contributed by atoms with Gasteiger partial charge in [0.25, 0.3) is 0 Å². The fourth-order valence-electron chi connectivity index (χ4n) is 4.09. The second kappa shape index (κ2) is 9.80. The molecule has 1 heterocycles. The molecule has 0 aromatic heterocycles. The molecule has 0 saturated heterocycles. The smallest absolute Gasteiger partial charge is 0.223 e. The third-order valence-electron chi connectivity index (χ3n) is 5.93. The third kappa shape index (κ3) is 5.40. The summed E-state index contributed by atoms with van der Waals surface area (Å²) >= 11 is 0. The van der Waals surface area contributed by atoms with Gasteiger partial charge in [-0.2, -0.15) is 0 Å². The number of nitrogens with one attached hydrogen (secondary N) is 1. The maximum atomic E-state index is 12.4. The Morgan fingerprint density at radius 3 is 2.75 bits per heavy atom. The van der Waals surface area contributed by atoms with E-state index < -0.39 is 0 Å². The summed E-state index contributed by atoms with van der Waals surface area (Å²) in [6.07, 6.45) is 7.23. The number of methoxy groups -OCH3 is 1. The normalized spacial score (nSPS) is 19.3. The molecule has 3 rings (SSSR count). The van der Waals surface area contributed by atoms with Crippen molar-refractivity contribution in [3.8, 4) is 11.5 Å². The molecule has 0 spiro atoms. The molecule has 0 radical (unpaired) electrons. The standard InChI is InChI=1S/C22H32N2O4/c1-24(18-6-4-3-5-7-18)22(26)11-10-21(25)23-14-16-12-17-8-9-19(27-2)13-20(17)28-15-16/h8-9,13,16,18H,3-7,10-12,14-15H2,1-2H3,(H,23,25)/t16-/m1/s1. The largest absolute Gasteiger partial charge is 0.497 e. The van der Waals surface area contributed by atoms with Crippen molar-refractivity contribution in [2.24, 2.45) is 5.92 Å². The molecule has 1 fully saturated rings. The van der Waals surface area contributed by atoms with Gasteiger partial charge in [-0.15, -0.1) is 0 Å². The van der Waals surface area contributed by atoms with E-state index in [4.69, 9.17) is 9.47 Å². The van der Waals surface area contributed by atoms with Crippen molar-refractivity contribution in [1.82, 2.24) is 10.2 Å². The van der Waals surface area contributed by atoms with E-state index in [1.807, 2.05) is 30.1 Å². The van der Waals surface area contributed by atoms with Crippen LogP contribution >= 0.6 is 0 Å². The summed E-state index contributed by atoms with van der Waals surface area (Å²) in [6.45, 7) is 1.14. The Bertz CT molecular complexity index is 685. The van der Waals surface area contributed by atoms with Crippen LogP contribution in [0.1, 0.15) is 50.5 Å². The predicted octanol–water partition coefficient (Wildman–Crippen LogP) is 2.93. The van der Waals surface area contributed by atoms with Gasteiger partial charge in [0.05, 0.1) is 13.7 Å². The maximum absolute atomic E-state index is 12.4. The van der Waals surface area contributed by atoms with Crippen molar-refractivity contribution in [3.63, 3.8) is 0 Å². The number of hydrogen-bond acceptors (Lipinski definition) is 4. The van der Waals surface area contributed by atoms with E-state index in [0.717, 1.165) is 36.3 Å². The van der Waals surface area contributed by atoms with Crippen molar-refractivity contribution in [1.29, 1.82) is 0 Å². The number of hydrogen-bond donors (Lipinski definition) is 1. The molecule has 28 heavy (non-hydrogen) atoms. The summed E-state index contributed by atoms with van der Waals surface area (Å²) in [7, 11) is 3.52. The average molecular weight is 389 g/mol. The van der Waals surface area contributed by atoms with Crippen LogP contribution in [0.4, 0.5) is 0 Å². The van der Waals surface area contributed by atoms with E-state index in [-0.39, 0.29) is 30.6 Å². The van der Waals surface area contributed by atoms with Crippen LogP contribution in [0.15, 0.2) is 18.2 Å². The molecule has 0 bridgehead atoms. The zero-order chi connectivity index (χ0) is 19.9. The van der Waals surface area contributed by atoms with Gasteiger partial charge in [-0.05, 0) is 30.9 Å². The first-order valence-corrected chi connectivity index (χ1v) is 10.4. The molecule has 1 aromatic carbocycles. The maximum Gasteiger partial charge on any atom is 0.223 e. The van der Waals surface area contributed by atoms with Crippen molar-refractivity contribution in [3.05, 3.63) is 23.8 Å². The van der Waals surface area contributed by atoms with Crippen molar-refractivity contribution < 1.29 is 19.1 Å². The summed E-state index contributed by atoms with van der Waals surface area (Å²) < 4.78 is 11.0. The van der Waals surface area contributed by atoms with Crippen LogP contribution in [0.2, 0.25) is 0 Å². The highest BCUT2D eigenvalue weighted by molar-refractivity contribution is 5.83. The summed E-state index contributed by atoms with van der Waals surface area (Å²) in [5, 5.41) is 2.97. The lowest BCUT2D eigenvalue weighted by molar-refractivity contribution is -0.134. The number of benzene rings is 1. The number of ether oxygens (including phenoxy) is 2. The molecule has 1 N–H and O–H groups in total. The second-order valence-corrected chi connectivity index (χ2v) is 7.96. The summed E-state index contributed by atoms with van der Waals surface area (Å²) in [5.41, 5.74) is 1.13. The number of nitrogens with zero attached hydrogens (tertiary/aromatic N) is 1. The molecule has 6 heteroatoms. The van der Waals surface area contributed by atoms with E-state index in [9.17, 15) is 9.59 Å². The molecule has 1 atom stereocenters. The van der Waals surface area contributed by atoms with Gasteiger partial charge in [-0.3, -0.25) is 9.59 Å². The number of carbonyl (C=O) groups excluding carboxylic acids is 2. The van der Waals surface area contributed by atoms with Gasteiger partial charge in [0.15, 0.2) is 0 Å². The Morgan fingerprint density at radius 2 is 2.00 bits per heavy atom. The zero-order valence-electron chi connectivity index (χ0n) is 17.0. The van der Waals surface area contributed by atoms with Crippen molar-refractivity contribution >= 4 is 11.8 Å². The summed E-state index contributed by atoms with van der Waals surface area (Å²) in [6, 6.07) is 6.19. The lowest BCUT2D eigenvalue weighted by Crippen LogP contribution is -2.39. The minimum absolute atomic E-state index is 0.0640. The third-order valence-corrected chi connectivity index (χ3v) is 5.93. The average Bonchev–Trinajstić information content (AvgIpc) is 2.75. The lowest BCUT2D eigenvalue weighted by Gasteiger charge is -2.31. The Hall–Kier alpha value is -2.24. The molecule has 2 amide bonds. The predicted molar refractivity (Wildman–Crippen MR) is 108 cm³/mol. The van der Waals surface area contributed by atoms with E-state index in [0.29, 0.717) is 19.2 Å². The molecule has 154 valence electrons. The zero-order valence-corrected chi connectivity index (χ0v) is 17.0. The van der Waals surface area contributed by atoms with E-state index in [1.54, 1.807) is 7.11 Å². The highest BCUT2D eigenvalue weighted by Crippen LogP contribution is 2.30. The van der Waals surface area contributed by atoms with Crippen LogP contribution in [0.3, 0.4) is 0 Å². The number of amides is 2. The highest BCUT2D eigenvalue weighted by Gasteiger charge is 2.23. The fourth-order valence-corrected chi connectivity index (χ4v) is 4.09. The van der Waals surface area contributed by atoms with Crippen molar-refractivity contribution in [2.45, 2.75) is 57.4 Å². The Balaban J connectivity index is 1.38. The van der Waals surface area contributed by atoms with Crippen LogP contribution in [0.5, 0.6) is 11.5 Å². The molecule has 1 aromatic rings. The van der Waals surface area contributed by atoms with Crippen LogP contribution in [0.25, 0.3) is 0 Å². The molecule has 1 saturated carbocycles. The first-order chi connectivity index (χ1) is 13.6.